The number of alkyl carbamates (subject to hydrolysis) is 1. The highest BCUT2D eigenvalue weighted by molar-refractivity contribution is 5.68. The average Bonchev–Trinajstić information content (AvgIpc) is 3.14. The van der Waals surface area contributed by atoms with Gasteiger partial charge in [-0.05, 0) is 52.7 Å². The zero-order valence-corrected chi connectivity index (χ0v) is 14.5. The molecular formula is C17H29N3O3. The van der Waals surface area contributed by atoms with Crippen LogP contribution in [0.3, 0.4) is 0 Å². The molecule has 2 rings (SSSR count). The second-order valence-corrected chi connectivity index (χ2v) is 7.22. The molecule has 3 N–H and O–H groups in total. The first-order valence-electron chi connectivity index (χ1n) is 8.28. The van der Waals surface area contributed by atoms with Gasteiger partial charge in [0.2, 0.25) is 0 Å². The first-order chi connectivity index (χ1) is 10.8. The van der Waals surface area contributed by atoms with Crippen LogP contribution in [0.2, 0.25) is 0 Å². The molecule has 0 radical (unpaired) electrons. The van der Waals surface area contributed by atoms with Gasteiger partial charge in [0.05, 0.1) is 12.8 Å². The lowest BCUT2D eigenvalue weighted by atomic mass is 10.1. The number of amides is 1. The molecule has 1 aromatic rings. The van der Waals surface area contributed by atoms with Gasteiger partial charge in [0.25, 0.3) is 0 Å². The molecule has 2 unspecified atom stereocenters. The maximum absolute atomic E-state index is 12.0. The lowest BCUT2D eigenvalue weighted by Gasteiger charge is -2.35. The molecule has 0 saturated heterocycles. The first kappa shape index (κ1) is 17.8. The van der Waals surface area contributed by atoms with Crippen LogP contribution in [-0.4, -0.2) is 41.3 Å². The minimum Gasteiger partial charge on any atom is -0.468 e. The molecule has 0 spiro atoms. The van der Waals surface area contributed by atoms with E-state index in [0.717, 1.165) is 18.6 Å². The van der Waals surface area contributed by atoms with E-state index in [0.29, 0.717) is 19.1 Å². The van der Waals surface area contributed by atoms with Crippen LogP contribution in [0, 0.1) is 0 Å². The molecule has 2 atom stereocenters. The summed E-state index contributed by atoms with van der Waals surface area (Å²) in [5.41, 5.74) is 5.50. The summed E-state index contributed by atoms with van der Waals surface area (Å²) in [6.07, 6.45) is 3.60. The fraction of sp³-hybridized carbons (Fsp3) is 0.706. The van der Waals surface area contributed by atoms with Crippen molar-refractivity contribution < 1.29 is 13.9 Å². The second kappa shape index (κ2) is 7.36. The fourth-order valence-corrected chi connectivity index (χ4v) is 2.72. The smallest absolute Gasteiger partial charge is 0.407 e. The number of nitrogens with one attached hydrogen (secondary N) is 1. The summed E-state index contributed by atoms with van der Waals surface area (Å²) < 4.78 is 10.8. The molecular weight excluding hydrogens is 294 g/mol. The van der Waals surface area contributed by atoms with Crippen LogP contribution in [0.1, 0.15) is 46.3 Å². The Balaban J connectivity index is 1.98. The van der Waals surface area contributed by atoms with E-state index in [4.69, 9.17) is 14.9 Å². The van der Waals surface area contributed by atoms with Crippen LogP contribution >= 0.6 is 0 Å². The minimum atomic E-state index is -0.508. The van der Waals surface area contributed by atoms with Gasteiger partial charge in [0.15, 0.2) is 0 Å². The third-order valence-electron chi connectivity index (χ3n) is 3.92. The SMILES string of the molecule is CC(NC(=O)OC(C)(C)C)C(CN)N(Cc1ccco1)C1CC1. The number of rotatable bonds is 7. The standard InChI is InChI=1S/C17H29N3O3/c1-12(19-16(21)23-17(2,3)4)15(10-18)20(13-7-8-13)11-14-6-5-9-22-14/h5-6,9,12-13,15H,7-8,10-11,18H2,1-4H3,(H,19,21). The maximum atomic E-state index is 12.0. The van der Waals surface area contributed by atoms with Crippen molar-refractivity contribution in [1.29, 1.82) is 0 Å². The molecule has 6 heteroatoms. The molecule has 1 aliphatic rings. The molecule has 0 aromatic carbocycles. The Morgan fingerprint density at radius 2 is 2.22 bits per heavy atom. The Bertz CT molecular complexity index is 492. The van der Waals surface area contributed by atoms with Gasteiger partial charge in [-0.15, -0.1) is 0 Å². The summed E-state index contributed by atoms with van der Waals surface area (Å²) in [4.78, 5) is 14.3. The summed E-state index contributed by atoms with van der Waals surface area (Å²) in [7, 11) is 0. The van der Waals surface area contributed by atoms with Crippen LogP contribution in [0.15, 0.2) is 22.8 Å². The summed E-state index contributed by atoms with van der Waals surface area (Å²) in [5.74, 6) is 0.916. The molecule has 1 amide bonds. The van der Waals surface area contributed by atoms with E-state index in [1.807, 2.05) is 39.8 Å². The zero-order chi connectivity index (χ0) is 17.0. The van der Waals surface area contributed by atoms with Gasteiger partial charge < -0.3 is 20.2 Å². The quantitative estimate of drug-likeness (QED) is 0.806. The Labute approximate surface area is 138 Å². The predicted octanol–water partition coefficient (Wildman–Crippen LogP) is 2.48. The summed E-state index contributed by atoms with van der Waals surface area (Å²) >= 11 is 0. The van der Waals surface area contributed by atoms with Crippen molar-refractivity contribution in [1.82, 2.24) is 10.2 Å². The highest BCUT2D eigenvalue weighted by Gasteiger charge is 2.37. The Morgan fingerprint density at radius 1 is 1.52 bits per heavy atom. The normalized spacial score (nSPS) is 17.8. The number of nitrogens with zero attached hydrogens (tertiary/aromatic N) is 1. The number of hydrogen-bond acceptors (Lipinski definition) is 5. The Hall–Kier alpha value is -1.53. The van der Waals surface area contributed by atoms with E-state index < -0.39 is 11.7 Å². The number of furan rings is 1. The topological polar surface area (TPSA) is 80.7 Å². The van der Waals surface area contributed by atoms with Crippen molar-refractivity contribution in [3.8, 4) is 0 Å². The zero-order valence-electron chi connectivity index (χ0n) is 14.5. The fourth-order valence-electron chi connectivity index (χ4n) is 2.72. The first-order valence-corrected chi connectivity index (χ1v) is 8.28. The van der Waals surface area contributed by atoms with E-state index in [-0.39, 0.29) is 12.1 Å². The van der Waals surface area contributed by atoms with Crippen LogP contribution < -0.4 is 11.1 Å². The van der Waals surface area contributed by atoms with E-state index in [2.05, 4.69) is 10.2 Å². The molecule has 6 nitrogen and oxygen atoms in total. The molecule has 23 heavy (non-hydrogen) atoms. The largest absolute Gasteiger partial charge is 0.468 e. The monoisotopic (exact) mass is 323 g/mol. The van der Waals surface area contributed by atoms with Gasteiger partial charge in [-0.25, -0.2) is 4.79 Å². The predicted molar refractivity (Wildman–Crippen MR) is 88.9 cm³/mol. The van der Waals surface area contributed by atoms with E-state index in [1.54, 1.807) is 6.26 Å². The third-order valence-corrected chi connectivity index (χ3v) is 3.92. The number of carbonyl (C=O) groups is 1. The highest BCUT2D eigenvalue weighted by atomic mass is 16.6. The Kier molecular flexibility index (Phi) is 5.70. The van der Waals surface area contributed by atoms with Crippen molar-refractivity contribution in [3.63, 3.8) is 0 Å². The van der Waals surface area contributed by atoms with Crippen molar-refractivity contribution in [2.24, 2.45) is 5.73 Å². The molecule has 0 aliphatic heterocycles. The molecule has 1 aromatic heterocycles. The van der Waals surface area contributed by atoms with E-state index in [9.17, 15) is 4.79 Å². The van der Waals surface area contributed by atoms with Gasteiger partial charge in [0.1, 0.15) is 11.4 Å². The summed E-state index contributed by atoms with van der Waals surface area (Å²) in [5, 5.41) is 2.92. The van der Waals surface area contributed by atoms with Gasteiger partial charge in [-0.3, -0.25) is 4.90 Å². The number of hydrogen-bond donors (Lipinski definition) is 2. The average molecular weight is 323 g/mol. The lowest BCUT2D eigenvalue weighted by molar-refractivity contribution is 0.0459. The van der Waals surface area contributed by atoms with Crippen LogP contribution in [0.5, 0.6) is 0 Å². The molecule has 130 valence electrons. The Morgan fingerprint density at radius 3 is 2.70 bits per heavy atom. The number of ether oxygens (including phenoxy) is 1. The van der Waals surface area contributed by atoms with E-state index in [1.165, 1.54) is 0 Å². The molecule has 1 heterocycles. The number of carbonyl (C=O) groups excluding carboxylic acids is 1. The van der Waals surface area contributed by atoms with Gasteiger partial charge in [-0.2, -0.15) is 0 Å². The van der Waals surface area contributed by atoms with Crippen molar-refractivity contribution in [2.45, 2.75) is 70.8 Å². The van der Waals surface area contributed by atoms with Gasteiger partial charge in [0, 0.05) is 24.7 Å². The third kappa shape index (κ3) is 5.55. The number of nitrogens with two attached hydrogens (primary N) is 1. The van der Waals surface area contributed by atoms with Crippen molar-refractivity contribution in [3.05, 3.63) is 24.2 Å². The lowest BCUT2D eigenvalue weighted by Crippen LogP contribution is -2.54. The molecule has 1 aliphatic carbocycles. The van der Waals surface area contributed by atoms with Crippen LogP contribution in [0.4, 0.5) is 4.79 Å². The molecule has 1 fully saturated rings. The second-order valence-electron chi connectivity index (χ2n) is 7.22. The molecule has 1 saturated carbocycles. The molecule has 0 bridgehead atoms. The summed E-state index contributed by atoms with van der Waals surface area (Å²) in [6.45, 7) is 8.70. The van der Waals surface area contributed by atoms with Crippen LogP contribution in [0.25, 0.3) is 0 Å². The summed E-state index contributed by atoms with van der Waals surface area (Å²) in [6, 6.07) is 4.30. The highest BCUT2D eigenvalue weighted by Crippen LogP contribution is 2.31. The van der Waals surface area contributed by atoms with Crippen molar-refractivity contribution in [2.75, 3.05) is 6.54 Å². The van der Waals surface area contributed by atoms with Crippen molar-refractivity contribution >= 4 is 6.09 Å². The van der Waals surface area contributed by atoms with Crippen LogP contribution in [-0.2, 0) is 11.3 Å². The van der Waals surface area contributed by atoms with Gasteiger partial charge >= 0.3 is 6.09 Å². The maximum Gasteiger partial charge on any atom is 0.407 e. The minimum absolute atomic E-state index is 0.0418. The van der Waals surface area contributed by atoms with E-state index >= 15 is 0 Å². The van der Waals surface area contributed by atoms with Gasteiger partial charge in [-0.1, -0.05) is 0 Å².